The standard InChI is InChI=1S/C13H18F3N3OS/c1-4-5-19(8-13(14,15)16)11(20)7-21-12-17-9(2)6-10(3)18-12/h6H,4-5,7-8H2,1-3H3. The van der Waals surface area contributed by atoms with E-state index in [9.17, 15) is 18.0 Å². The number of nitrogens with zero attached hydrogens (tertiary/aromatic N) is 3. The number of amides is 1. The first-order valence-corrected chi connectivity index (χ1v) is 7.49. The van der Waals surface area contributed by atoms with Crippen molar-refractivity contribution in [2.45, 2.75) is 38.5 Å². The first-order chi connectivity index (χ1) is 9.71. The Hall–Kier alpha value is -1.31. The lowest BCUT2D eigenvalue weighted by Gasteiger charge is -2.23. The van der Waals surface area contributed by atoms with Gasteiger partial charge >= 0.3 is 6.18 Å². The molecule has 1 aromatic rings. The molecule has 118 valence electrons. The van der Waals surface area contributed by atoms with Gasteiger partial charge in [-0.25, -0.2) is 9.97 Å². The molecule has 0 unspecified atom stereocenters. The lowest BCUT2D eigenvalue weighted by Crippen LogP contribution is -2.40. The normalized spacial score (nSPS) is 11.5. The lowest BCUT2D eigenvalue weighted by atomic mass is 10.4. The van der Waals surface area contributed by atoms with E-state index in [1.807, 2.05) is 0 Å². The van der Waals surface area contributed by atoms with Gasteiger partial charge in [0.1, 0.15) is 6.54 Å². The Morgan fingerprint density at radius 3 is 2.33 bits per heavy atom. The average molecular weight is 321 g/mol. The van der Waals surface area contributed by atoms with Crippen molar-refractivity contribution in [2.75, 3.05) is 18.8 Å². The van der Waals surface area contributed by atoms with Gasteiger partial charge in [-0.2, -0.15) is 13.2 Å². The summed E-state index contributed by atoms with van der Waals surface area (Å²) in [5, 5.41) is 0.407. The minimum Gasteiger partial charge on any atom is -0.333 e. The first kappa shape index (κ1) is 17.7. The van der Waals surface area contributed by atoms with Crippen LogP contribution >= 0.6 is 11.8 Å². The maximum absolute atomic E-state index is 12.4. The second kappa shape index (κ2) is 7.63. The highest BCUT2D eigenvalue weighted by Gasteiger charge is 2.32. The van der Waals surface area contributed by atoms with Crippen molar-refractivity contribution in [2.24, 2.45) is 0 Å². The van der Waals surface area contributed by atoms with E-state index in [2.05, 4.69) is 9.97 Å². The van der Waals surface area contributed by atoms with Gasteiger partial charge < -0.3 is 4.90 Å². The predicted molar refractivity (Wildman–Crippen MR) is 75.2 cm³/mol. The quantitative estimate of drug-likeness (QED) is 0.597. The van der Waals surface area contributed by atoms with Crippen molar-refractivity contribution in [1.82, 2.24) is 14.9 Å². The third kappa shape index (κ3) is 6.79. The largest absolute Gasteiger partial charge is 0.406 e. The molecular weight excluding hydrogens is 303 g/mol. The van der Waals surface area contributed by atoms with E-state index in [1.165, 1.54) is 0 Å². The Bertz CT molecular complexity index is 474. The van der Waals surface area contributed by atoms with E-state index in [-0.39, 0.29) is 12.3 Å². The van der Waals surface area contributed by atoms with Gasteiger partial charge in [0, 0.05) is 17.9 Å². The third-order valence-corrected chi connectivity index (χ3v) is 3.33. The minimum absolute atomic E-state index is 0.0899. The zero-order valence-electron chi connectivity index (χ0n) is 12.2. The summed E-state index contributed by atoms with van der Waals surface area (Å²) in [5.41, 5.74) is 1.52. The van der Waals surface area contributed by atoms with E-state index in [1.54, 1.807) is 26.8 Å². The smallest absolute Gasteiger partial charge is 0.333 e. The number of carbonyl (C=O) groups is 1. The van der Waals surface area contributed by atoms with Gasteiger partial charge in [0.2, 0.25) is 5.91 Å². The van der Waals surface area contributed by atoms with E-state index in [4.69, 9.17) is 0 Å². The second-order valence-corrected chi connectivity index (χ2v) is 5.59. The molecule has 21 heavy (non-hydrogen) atoms. The number of hydrogen-bond acceptors (Lipinski definition) is 4. The molecule has 8 heteroatoms. The molecule has 1 heterocycles. The highest BCUT2D eigenvalue weighted by atomic mass is 32.2. The van der Waals surface area contributed by atoms with Crippen molar-refractivity contribution >= 4 is 17.7 Å². The Labute approximate surface area is 126 Å². The van der Waals surface area contributed by atoms with Crippen LogP contribution in [-0.2, 0) is 4.79 Å². The molecular formula is C13H18F3N3OS. The summed E-state index contributed by atoms with van der Waals surface area (Å²) in [7, 11) is 0. The van der Waals surface area contributed by atoms with Crippen molar-refractivity contribution < 1.29 is 18.0 Å². The summed E-state index contributed by atoms with van der Waals surface area (Å²) in [6.07, 6.45) is -3.90. The maximum atomic E-state index is 12.4. The molecule has 0 saturated heterocycles. The Balaban J connectivity index is 2.64. The monoisotopic (exact) mass is 321 g/mol. The zero-order chi connectivity index (χ0) is 16.0. The van der Waals surface area contributed by atoms with Crippen LogP contribution in [0.1, 0.15) is 24.7 Å². The molecule has 0 aromatic carbocycles. The SMILES string of the molecule is CCCN(CC(F)(F)F)C(=O)CSc1nc(C)cc(C)n1. The van der Waals surface area contributed by atoms with Crippen molar-refractivity contribution in [1.29, 1.82) is 0 Å². The fourth-order valence-electron chi connectivity index (χ4n) is 1.75. The highest BCUT2D eigenvalue weighted by Crippen LogP contribution is 2.19. The summed E-state index contributed by atoms with van der Waals surface area (Å²) in [4.78, 5) is 21.0. The molecule has 0 aliphatic heterocycles. The Morgan fingerprint density at radius 2 is 1.86 bits per heavy atom. The van der Waals surface area contributed by atoms with Crippen LogP contribution in [0.15, 0.2) is 11.2 Å². The van der Waals surface area contributed by atoms with Crippen LogP contribution in [0.4, 0.5) is 13.2 Å². The summed E-state index contributed by atoms with van der Waals surface area (Å²) in [5.74, 6) is -0.652. The molecule has 0 radical (unpaired) electrons. The van der Waals surface area contributed by atoms with Gasteiger partial charge in [0.05, 0.1) is 5.75 Å². The fraction of sp³-hybridized carbons (Fsp3) is 0.615. The molecule has 4 nitrogen and oxygen atoms in total. The van der Waals surface area contributed by atoms with Gasteiger partial charge in [0.15, 0.2) is 5.16 Å². The number of aromatic nitrogens is 2. The minimum atomic E-state index is -4.38. The summed E-state index contributed by atoms with van der Waals surface area (Å²) < 4.78 is 37.3. The third-order valence-electron chi connectivity index (χ3n) is 2.50. The first-order valence-electron chi connectivity index (χ1n) is 6.51. The molecule has 0 aliphatic carbocycles. The van der Waals surface area contributed by atoms with E-state index < -0.39 is 18.6 Å². The molecule has 0 N–H and O–H groups in total. The fourth-order valence-corrected chi connectivity index (χ4v) is 2.61. The number of aryl methyl sites for hydroxylation is 2. The van der Waals surface area contributed by atoms with Gasteiger partial charge in [-0.3, -0.25) is 4.79 Å². The van der Waals surface area contributed by atoms with Crippen LogP contribution in [0.25, 0.3) is 0 Å². The Kier molecular flexibility index (Phi) is 6.44. The van der Waals surface area contributed by atoms with Crippen LogP contribution in [0, 0.1) is 13.8 Å². The van der Waals surface area contributed by atoms with Crippen LogP contribution in [0.2, 0.25) is 0 Å². The lowest BCUT2D eigenvalue weighted by molar-refractivity contribution is -0.159. The van der Waals surface area contributed by atoms with Gasteiger partial charge in [-0.1, -0.05) is 18.7 Å². The highest BCUT2D eigenvalue weighted by molar-refractivity contribution is 7.99. The molecule has 0 saturated carbocycles. The molecule has 1 aromatic heterocycles. The van der Waals surface area contributed by atoms with Crippen molar-refractivity contribution in [3.63, 3.8) is 0 Å². The maximum Gasteiger partial charge on any atom is 0.406 e. The van der Waals surface area contributed by atoms with Crippen LogP contribution in [0.5, 0.6) is 0 Å². The number of rotatable bonds is 6. The zero-order valence-corrected chi connectivity index (χ0v) is 13.0. The Morgan fingerprint density at radius 1 is 1.29 bits per heavy atom. The number of thioether (sulfide) groups is 1. The second-order valence-electron chi connectivity index (χ2n) is 4.65. The number of alkyl halides is 3. The molecule has 0 atom stereocenters. The van der Waals surface area contributed by atoms with E-state index >= 15 is 0 Å². The van der Waals surface area contributed by atoms with Crippen LogP contribution in [-0.4, -0.2) is 45.8 Å². The van der Waals surface area contributed by atoms with Gasteiger partial charge in [0.25, 0.3) is 0 Å². The molecule has 0 aliphatic rings. The number of carbonyl (C=O) groups excluding carboxylic acids is 1. The predicted octanol–water partition coefficient (Wildman–Crippen LogP) is 2.99. The van der Waals surface area contributed by atoms with Crippen molar-refractivity contribution in [3.05, 3.63) is 17.5 Å². The molecule has 1 amide bonds. The van der Waals surface area contributed by atoms with Crippen LogP contribution < -0.4 is 0 Å². The van der Waals surface area contributed by atoms with E-state index in [0.29, 0.717) is 11.6 Å². The van der Waals surface area contributed by atoms with Crippen molar-refractivity contribution in [3.8, 4) is 0 Å². The van der Waals surface area contributed by atoms with Gasteiger partial charge in [-0.05, 0) is 26.3 Å². The molecule has 0 fully saturated rings. The van der Waals surface area contributed by atoms with Gasteiger partial charge in [-0.15, -0.1) is 0 Å². The van der Waals surface area contributed by atoms with Crippen LogP contribution in [0.3, 0.4) is 0 Å². The topological polar surface area (TPSA) is 46.1 Å². The number of hydrogen-bond donors (Lipinski definition) is 0. The number of halogens is 3. The van der Waals surface area contributed by atoms with E-state index in [0.717, 1.165) is 28.0 Å². The summed E-state index contributed by atoms with van der Waals surface area (Å²) in [6, 6.07) is 1.79. The molecule has 1 rings (SSSR count). The summed E-state index contributed by atoms with van der Waals surface area (Å²) in [6.45, 7) is 4.21. The molecule has 0 bridgehead atoms. The average Bonchev–Trinajstić information content (AvgIpc) is 2.32. The summed E-state index contributed by atoms with van der Waals surface area (Å²) >= 11 is 1.06. The molecule has 0 spiro atoms.